The SMILES string of the molecule is CC(C)CC(CO)(CO)N(CCO)CCC(O)S(=O)(=O)B=O. The van der Waals surface area contributed by atoms with Crippen molar-refractivity contribution in [3.63, 3.8) is 0 Å². The summed E-state index contributed by atoms with van der Waals surface area (Å²) >= 11 is 0. The molecule has 0 aromatic carbocycles. The Kier molecular flexibility index (Phi) is 9.52. The fourth-order valence-corrected chi connectivity index (χ4v) is 3.03. The van der Waals surface area contributed by atoms with E-state index in [0.29, 0.717) is 6.42 Å². The Morgan fingerprint density at radius 1 is 1.14 bits per heavy atom. The summed E-state index contributed by atoms with van der Waals surface area (Å²) < 4.78 is 32.9. The first-order valence-corrected chi connectivity index (χ1v) is 8.74. The Balaban J connectivity index is 5.13. The van der Waals surface area contributed by atoms with Crippen molar-refractivity contribution in [3.05, 3.63) is 0 Å². The number of hydrogen-bond donors (Lipinski definition) is 4. The topological polar surface area (TPSA) is 135 Å². The van der Waals surface area contributed by atoms with Gasteiger partial charge in [-0.15, -0.1) is 0 Å². The second-order valence-corrected chi connectivity index (χ2v) is 7.69. The van der Waals surface area contributed by atoms with Gasteiger partial charge in [0.15, 0.2) is 0 Å². The number of aliphatic hydroxyl groups excluding tert-OH is 4. The Morgan fingerprint density at radius 2 is 1.68 bits per heavy atom. The van der Waals surface area contributed by atoms with E-state index in [1.807, 2.05) is 13.8 Å². The third-order valence-corrected chi connectivity index (χ3v) is 4.84. The number of rotatable bonds is 12. The summed E-state index contributed by atoms with van der Waals surface area (Å²) in [7, 11) is -4.23. The predicted molar refractivity (Wildman–Crippen MR) is 81.0 cm³/mol. The zero-order valence-electron chi connectivity index (χ0n) is 13.1. The third-order valence-electron chi connectivity index (χ3n) is 3.58. The van der Waals surface area contributed by atoms with Gasteiger partial charge in [-0.25, -0.2) is 0 Å². The van der Waals surface area contributed by atoms with Crippen LogP contribution in [0.1, 0.15) is 26.7 Å². The van der Waals surface area contributed by atoms with Gasteiger partial charge in [0.25, 0.3) is 0 Å². The van der Waals surface area contributed by atoms with Gasteiger partial charge in [0, 0.05) is 0 Å². The van der Waals surface area contributed by atoms with E-state index >= 15 is 0 Å². The molecule has 0 aliphatic rings. The van der Waals surface area contributed by atoms with Crippen molar-refractivity contribution in [1.82, 2.24) is 4.90 Å². The van der Waals surface area contributed by atoms with Crippen molar-refractivity contribution in [2.75, 3.05) is 32.9 Å². The van der Waals surface area contributed by atoms with Gasteiger partial charge in [-0.3, -0.25) is 0 Å². The van der Waals surface area contributed by atoms with Gasteiger partial charge in [-0.05, 0) is 0 Å². The van der Waals surface area contributed by atoms with Crippen molar-refractivity contribution >= 4 is 16.1 Å². The fraction of sp³-hybridized carbons (Fsp3) is 1.00. The van der Waals surface area contributed by atoms with Crippen LogP contribution in [-0.2, 0) is 14.4 Å². The van der Waals surface area contributed by atoms with E-state index < -0.39 is 20.7 Å². The van der Waals surface area contributed by atoms with Crippen molar-refractivity contribution in [1.29, 1.82) is 0 Å². The van der Waals surface area contributed by atoms with Crippen LogP contribution in [0.4, 0.5) is 0 Å². The Bertz CT molecular complexity index is 425. The zero-order chi connectivity index (χ0) is 17.4. The predicted octanol–water partition coefficient (Wildman–Crippen LogP) is -1.86. The molecule has 0 rings (SSSR count). The molecular formula is C12H26BNO7S. The minimum absolute atomic E-state index is 0.00262. The maximum atomic E-state index is 11.3. The minimum atomic E-state index is -4.23. The normalized spacial score (nSPS) is 14.4. The van der Waals surface area contributed by atoms with Crippen LogP contribution in [0, 0.1) is 5.92 Å². The summed E-state index contributed by atoms with van der Waals surface area (Å²) in [6, 6.07) is 0. The van der Waals surface area contributed by atoms with E-state index in [4.69, 9.17) is 5.11 Å². The molecule has 1 unspecified atom stereocenters. The van der Waals surface area contributed by atoms with Gasteiger partial charge in [0.2, 0.25) is 0 Å². The molecule has 0 fully saturated rings. The number of hydrogen-bond acceptors (Lipinski definition) is 8. The second-order valence-electron chi connectivity index (χ2n) is 5.78. The molecule has 0 aromatic rings. The molecule has 0 radical (unpaired) electrons. The summed E-state index contributed by atoms with van der Waals surface area (Å²) in [6.07, 6.45) is -0.134. The van der Waals surface area contributed by atoms with Crippen LogP contribution in [0.2, 0.25) is 0 Å². The van der Waals surface area contributed by atoms with E-state index in [1.54, 1.807) is 4.90 Å². The van der Waals surface area contributed by atoms with Gasteiger partial charge in [-0.2, -0.15) is 0 Å². The van der Waals surface area contributed by atoms with Gasteiger partial charge >= 0.3 is 131 Å². The number of β-amino-alcohol motifs (C(OH)–C–C–N with tert-alkyl or cyclic N) is 1. The summed E-state index contributed by atoms with van der Waals surface area (Å²) in [6.45, 7) is 2.91. The molecule has 130 valence electrons. The molecule has 0 heterocycles. The Labute approximate surface area is 131 Å². The first-order chi connectivity index (χ1) is 10.2. The van der Waals surface area contributed by atoms with Crippen molar-refractivity contribution in [2.24, 2.45) is 5.92 Å². The quantitative estimate of drug-likeness (QED) is 0.304. The van der Waals surface area contributed by atoms with Gasteiger partial charge in [0.05, 0.1) is 0 Å². The average Bonchev–Trinajstić information content (AvgIpc) is 2.48. The van der Waals surface area contributed by atoms with E-state index in [0.717, 1.165) is 0 Å². The summed E-state index contributed by atoms with van der Waals surface area (Å²) in [5, 5.41) is 38.1. The molecule has 8 nitrogen and oxygen atoms in total. The third kappa shape index (κ3) is 6.02. The first-order valence-electron chi connectivity index (χ1n) is 7.14. The van der Waals surface area contributed by atoms with Crippen LogP contribution in [0.15, 0.2) is 0 Å². The zero-order valence-corrected chi connectivity index (χ0v) is 13.9. The molecule has 0 aliphatic carbocycles. The van der Waals surface area contributed by atoms with Gasteiger partial charge in [-0.1, -0.05) is 0 Å². The molecule has 0 bridgehead atoms. The fourth-order valence-electron chi connectivity index (χ4n) is 2.47. The second kappa shape index (κ2) is 9.69. The van der Waals surface area contributed by atoms with Crippen LogP contribution >= 0.6 is 0 Å². The monoisotopic (exact) mass is 339 g/mol. The van der Waals surface area contributed by atoms with Crippen LogP contribution in [-0.4, -0.2) is 84.1 Å². The van der Waals surface area contributed by atoms with Crippen LogP contribution in [0.3, 0.4) is 0 Å². The Hall–Kier alpha value is -0.385. The molecule has 0 aliphatic heterocycles. The standard InChI is InChI=1S/C12H26BNO7S/c1-10(2)7-12(8-16,9-17)14(5-6-15)4-3-11(18)22(20,21)13-19/h10-11,15-18H,3-9H2,1-2H3. The van der Waals surface area contributed by atoms with Crippen molar-refractivity contribution < 1.29 is 33.5 Å². The first kappa shape index (κ1) is 21.6. The molecule has 10 heteroatoms. The summed E-state index contributed by atoms with van der Waals surface area (Å²) in [4.78, 5) is 1.55. The molecule has 1 atom stereocenters. The van der Waals surface area contributed by atoms with E-state index in [-0.39, 0.29) is 51.7 Å². The number of aliphatic hydroxyl groups is 4. The van der Waals surface area contributed by atoms with Crippen LogP contribution < -0.4 is 0 Å². The van der Waals surface area contributed by atoms with Crippen molar-refractivity contribution in [3.8, 4) is 0 Å². The molecule has 0 amide bonds. The molecule has 0 aromatic heterocycles. The molecular weight excluding hydrogens is 313 g/mol. The maximum absolute atomic E-state index is 11.3. The van der Waals surface area contributed by atoms with Crippen LogP contribution in [0.5, 0.6) is 0 Å². The van der Waals surface area contributed by atoms with Gasteiger partial charge < -0.3 is 0 Å². The summed E-state index contributed by atoms with van der Waals surface area (Å²) in [5.74, 6) is 0.143. The van der Waals surface area contributed by atoms with Gasteiger partial charge in [0.1, 0.15) is 0 Å². The van der Waals surface area contributed by atoms with Crippen molar-refractivity contribution in [2.45, 2.75) is 37.7 Å². The molecule has 0 spiro atoms. The Morgan fingerprint density at radius 3 is 2.05 bits per heavy atom. The van der Waals surface area contributed by atoms with E-state index in [1.165, 1.54) is 0 Å². The molecule has 0 saturated heterocycles. The molecule has 0 saturated carbocycles. The molecule has 4 N–H and O–H groups in total. The average molecular weight is 339 g/mol. The van der Waals surface area contributed by atoms with E-state index in [2.05, 4.69) is 0 Å². The summed E-state index contributed by atoms with van der Waals surface area (Å²) in [5.41, 5.74) is -2.87. The van der Waals surface area contributed by atoms with E-state index in [9.17, 15) is 28.4 Å². The van der Waals surface area contributed by atoms with Crippen LogP contribution in [0.25, 0.3) is 0 Å². The number of nitrogens with zero attached hydrogens (tertiary/aromatic N) is 1. The molecule has 22 heavy (non-hydrogen) atoms.